The van der Waals surface area contributed by atoms with Gasteiger partial charge in [-0.2, -0.15) is 0 Å². The standard InChI is InChI=1S/C17H23N3O/c1-2-3-7-14(18)17(21)20-10-9-16-13(11-20)12-6-4-5-8-15(12)19-16/h4-6,8,14,19H,2-3,7,9-11,18H2,1H3/t14-/m0/s1. The fourth-order valence-corrected chi connectivity index (χ4v) is 3.14. The average Bonchev–Trinajstić information content (AvgIpc) is 2.89. The van der Waals surface area contributed by atoms with Gasteiger partial charge < -0.3 is 15.6 Å². The highest BCUT2D eigenvalue weighted by atomic mass is 16.2. The summed E-state index contributed by atoms with van der Waals surface area (Å²) in [6, 6.07) is 7.94. The van der Waals surface area contributed by atoms with Gasteiger partial charge in [0.05, 0.1) is 6.04 Å². The molecule has 4 nitrogen and oxygen atoms in total. The van der Waals surface area contributed by atoms with Gasteiger partial charge in [0.25, 0.3) is 0 Å². The molecule has 1 atom stereocenters. The molecule has 4 heteroatoms. The summed E-state index contributed by atoms with van der Waals surface area (Å²) >= 11 is 0. The van der Waals surface area contributed by atoms with Crippen LogP contribution in [0.1, 0.15) is 37.4 Å². The van der Waals surface area contributed by atoms with Crippen molar-refractivity contribution in [1.29, 1.82) is 0 Å². The Bertz CT molecular complexity index is 647. The lowest BCUT2D eigenvalue weighted by molar-refractivity contribution is -0.133. The second kappa shape index (κ2) is 5.90. The van der Waals surface area contributed by atoms with Crippen molar-refractivity contribution in [1.82, 2.24) is 9.88 Å². The molecule has 1 aromatic heterocycles. The zero-order valence-corrected chi connectivity index (χ0v) is 12.6. The van der Waals surface area contributed by atoms with Crippen molar-refractivity contribution in [2.24, 2.45) is 5.73 Å². The SMILES string of the molecule is CCCC[C@H](N)C(=O)N1CCc2[nH]c3ccccc3c2C1. The van der Waals surface area contributed by atoms with Crippen LogP contribution in [0.25, 0.3) is 10.9 Å². The average molecular weight is 285 g/mol. The van der Waals surface area contributed by atoms with Crippen LogP contribution in [-0.4, -0.2) is 28.4 Å². The maximum absolute atomic E-state index is 12.5. The molecule has 0 aliphatic carbocycles. The zero-order chi connectivity index (χ0) is 14.8. The number of benzene rings is 1. The first-order chi connectivity index (χ1) is 10.2. The van der Waals surface area contributed by atoms with Gasteiger partial charge in [0.1, 0.15) is 0 Å². The molecule has 1 amide bonds. The number of carbonyl (C=O) groups is 1. The summed E-state index contributed by atoms with van der Waals surface area (Å²) < 4.78 is 0. The Morgan fingerprint density at radius 3 is 3.05 bits per heavy atom. The van der Waals surface area contributed by atoms with Gasteiger partial charge in [0.2, 0.25) is 5.91 Å². The Morgan fingerprint density at radius 1 is 1.43 bits per heavy atom. The predicted octanol–water partition coefficient (Wildman–Crippen LogP) is 2.57. The molecule has 0 saturated carbocycles. The normalized spacial score (nSPS) is 16.0. The molecular weight excluding hydrogens is 262 g/mol. The van der Waals surface area contributed by atoms with Gasteiger partial charge in [-0.25, -0.2) is 0 Å². The lowest BCUT2D eigenvalue weighted by Crippen LogP contribution is -2.45. The van der Waals surface area contributed by atoms with Gasteiger partial charge >= 0.3 is 0 Å². The quantitative estimate of drug-likeness (QED) is 0.907. The number of fused-ring (bicyclic) bond motifs is 3. The maximum Gasteiger partial charge on any atom is 0.239 e. The third-order valence-corrected chi connectivity index (χ3v) is 4.38. The van der Waals surface area contributed by atoms with Crippen molar-refractivity contribution in [3.8, 4) is 0 Å². The van der Waals surface area contributed by atoms with E-state index in [4.69, 9.17) is 5.73 Å². The number of aromatic amines is 1. The number of nitrogens with two attached hydrogens (primary N) is 1. The number of amides is 1. The second-order valence-corrected chi connectivity index (χ2v) is 5.89. The number of unbranched alkanes of at least 4 members (excludes halogenated alkanes) is 1. The van der Waals surface area contributed by atoms with Gasteiger partial charge in [-0.15, -0.1) is 0 Å². The minimum atomic E-state index is -0.350. The summed E-state index contributed by atoms with van der Waals surface area (Å²) in [7, 11) is 0. The van der Waals surface area contributed by atoms with Crippen molar-refractivity contribution in [3.63, 3.8) is 0 Å². The molecule has 1 aliphatic rings. The van der Waals surface area contributed by atoms with Gasteiger partial charge in [0.15, 0.2) is 0 Å². The van der Waals surface area contributed by atoms with Crippen molar-refractivity contribution in [2.75, 3.05) is 6.54 Å². The Morgan fingerprint density at radius 2 is 2.24 bits per heavy atom. The van der Waals surface area contributed by atoms with Gasteiger partial charge in [0, 0.05) is 41.7 Å². The number of aromatic nitrogens is 1. The molecule has 0 saturated heterocycles. The number of H-pyrrole nitrogens is 1. The molecule has 0 unspecified atom stereocenters. The number of nitrogens with one attached hydrogen (secondary N) is 1. The first kappa shape index (κ1) is 14.1. The molecule has 0 radical (unpaired) electrons. The van der Waals surface area contributed by atoms with E-state index >= 15 is 0 Å². The highest BCUT2D eigenvalue weighted by Crippen LogP contribution is 2.27. The van der Waals surface area contributed by atoms with E-state index in [1.54, 1.807) is 0 Å². The molecule has 0 spiro atoms. The topological polar surface area (TPSA) is 62.1 Å². The minimum Gasteiger partial charge on any atom is -0.358 e. The number of para-hydroxylation sites is 1. The second-order valence-electron chi connectivity index (χ2n) is 5.89. The van der Waals surface area contributed by atoms with Crippen LogP contribution in [0.2, 0.25) is 0 Å². The molecule has 0 fully saturated rings. The van der Waals surface area contributed by atoms with E-state index in [0.29, 0.717) is 6.54 Å². The van der Waals surface area contributed by atoms with Crippen LogP contribution in [-0.2, 0) is 17.8 Å². The fraction of sp³-hybridized carbons (Fsp3) is 0.471. The molecule has 2 aromatic rings. The first-order valence-corrected chi connectivity index (χ1v) is 7.83. The van der Waals surface area contributed by atoms with Crippen LogP contribution >= 0.6 is 0 Å². The Balaban J connectivity index is 1.79. The van der Waals surface area contributed by atoms with Crippen LogP contribution in [0.4, 0.5) is 0 Å². The van der Waals surface area contributed by atoms with E-state index in [1.807, 2.05) is 17.0 Å². The maximum atomic E-state index is 12.5. The van der Waals surface area contributed by atoms with Crippen molar-refractivity contribution >= 4 is 16.8 Å². The van der Waals surface area contributed by atoms with E-state index in [0.717, 1.165) is 37.7 Å². The van der Waals surface area contributed by atoms with E-state index in [-0.39, 0.29) is 11.9 Å². The highest BCUT2D eigenvalue weighted by molar-refractivity contribution is 5.87. The van der Waals surface area contributed by atoms with E-state index in [2.05, 4.69) is 24.0 Å². The van der Waals surface area contributed by atoms with E-state index in [1.165, 1.54) is 16.6 Å². The molecule has 1 aliphatic heterocycles. The summed E-state index contributed by atoms with van der Waals surface area (Å²) in [5.41, 5.74) is 9.73. The molecule has 112 valence electrons. The summed E-state index contributed by atoms with van der Waals surface area (Å²) in [5.74, 6) is 0.0966. The van der Waals surface area contributed by atoms with Gasteiger partial charge in [-0.05, 0) is 12.5 Å². The van der Waals surface area contributed by atoms with Gasteiger partial charge in [-0.1, -0.05) is 38.0 Å². The number of carbonyl (C=O) groups excluding carboxylic acids is 1. The lowest BCUT2D eigenvalue weighted by Gasteiger charge is -2.29. The molecule has 2 heterocycles. The van der Waals surface area contributed by atoms with Crippen LogP contribution in [0.5, 0.6) is 0 Å². The Hall–Kier alpha value is -1.81. The largest absolute Gasteiger partial charge is 0.358 e. The van der Waals surface area contributed by atoms with E-state index in [9.17, 15) is 4.79 Å². The monoisotopic (exact) mass is 285 g/mol. The van der Waals surface area contributed by atoms with Crippen LogP contribution in [0.15, 0.2) is 24.3 Å². The molecular formula is C17H23N3O. The third-order valence-electron chi connectivity index (χ3n) is 4.38. The smallest absolute Gasteiger partial charge is 0.239 e. The number of hydrogen-bond acceptors (Lipinski definition) is 2. The van der Waals surface area contributed by atoms with Gasteiger partial charge in [-0.3, -0.25) is 4.79 Å². The Labute approximate surface area is 125 Å². The Kier molecular flexibility index (Phi) is 3.97. The molecule has 1 aromatic carbocycles. The molecule has 3 N–H and O–H groups in total. The predicted molar refractivity (Wildman–Crippen MR) is 84.9 cm³/mol. The van der Waals surface area contributed by atoms with Crippen LogP contribution < -0.4 is 5.73 Å². The summed E-state index contributed by atoms with van der Waals surface area (Å²) in [6.07, 6.45) is 3.76. The highest BCUT2D eigenvalue weighted by Gasteiger charge is 2.26. The third kappa shape index (κ3) is 2.68. The summed E-state index contributed by atoms with van der Waals surface area (Å²) in [4.78, 5) is 17.9. The summed E-state index contributed by atoms with van der Waals surface area (Å²) in [6.45, 7) is 3.56. The number of rotatable bonds is 4. The zero-order valence-electron chi connectivity index (χ0n) is 12.6. The fourth-order valence-electron chi connectivity index (χ4n) is 3.14. The summed E-state index contributed by atoms with van der Waals surface area (Å²) in [5, 5.41) is 1.23. The van der Waals surface area contributed by atoms with Crippen LogP contribution in [0, 0.1) is 0 Å². The van der Waals surface area contributed by atoms with Crippen molar-refractivity contribution < 1.29 is 4.79 Å². The molecule has 21 heavy (non-hydrogen) atoms. The van der Waals surface area contributed by atoms with Crippen molar-refractivity contribution in [3.05, 3.63) is 35.5 Å². The number of nitrogens with zero attached hydrogens (tertiary/aromatic N) is 1. The van der Waals surface area contributed by atoms with Crippen LogP contribution in [0.3, 0.4) is 0 Å². The lowest BCUT2D eigenvalue weighted by atomic mass is 10.0. The molecule has 0 bridgehead atoms. The minimum absolute atomic E-state index is 0.0966. The molecule has 3 rings (SSSR count). The van der Waals surface area contributed by atoms with E-state index < -0.39 is 0 Å². The number of hydrogen-bond donors (Lipinski definition) is 2. The first-order valence-electron chi connectivity index (χ1n) is 7.83. The van der Waals surface area contributed by atoms with Crippen molar-refractivity contribution in [2.45, 2.75) is 45.2 Å².